The predicted molar refractivity (Wildman–Crippen MR) is 103 cm³/mol. The number of hydrogen-bond donors (Lipinski definition) is 1. The van der Waals surface area contributed by atoms with E-state index in [2.05, 4.69) is 15.4 Å². The highest BCUT2D eigenvalue weighted by Gasteiger charge is 2.31. The molecule has 166 valence electrons. The fourth-order valence-electron chi connectivity index (χ4n) is 2.80. The molecule has 0 bridgehead atoms. The number of carbonyl (C=O) groups excluding carboxylic acids is 2. The maximum Gasteiger partial charge on any atom is 0.416 e. The Kier molecular flexibility index (Phi) is 6.18. The van der Waals surface area contributed by atoms with E-state index in [0.717, 1.165) is 29.2 Å². The summed E-state index contributed by atoms with van der Waals surface area (Å²) in [5, 5.41) is 17.2. The van der Waals surface area contributed by atoms with E-state index >= 15 is 0 Å². The van der Waals surface area contributed by atoms with Crippen LogP contribution < -0.4 is 5.32 Å². The Bertz CT molecular complexity index is 1180. The van der Waals surface area contributed by atoms with Crippen LogP contribution in [-0.2, 0) is 15.7 Å². The minimum atomic E-state index is -4.67. The zero-order valence-corrected chi connectivity index (χ0v) is 16.3. The lowest BCUT2D eigenvalue weighted by Crippen LogP contribution is -2.23. The van der Waals surface area contributed by atoms with Crippen molar-refractivity contribution in [3.8, 4) is 5.69 Å². The topological polar surface area (TPSA) is 129 Å². The third-order valence-corrected chi connectivity index (χ3v) is 4.25. The van der Waals surface area contributed by atoms with Gasteiger partial charge < -0.3 is 10.1 Å². The summed E-state index contributed by atoms with van der Waals surface area (Å²) in [6, 6.07) is 6.55. The molecule has 1 aromatic heterocycles. The van der Waals surface area contributed by atoms with Crippen molar-refractivity contribution in [3.63, 3.8) is 0 Å². The molecule has 0 saturated carbocycles. The van der Waals surface area contributed by atoms with Crippen LogP contribution in [0.15, 0.2) is 49.1 Å². The molecule has 10 nitrogen and oxygen atoms in total. The molecule has 1 N–H and O–H groups in total. The van der Waals surface area contributed by atoms with Crippen molar-refractivity contribution in [2.24, 2.45) is 0 Å². The highest BCUT2D eigenvalue weighted by molar-refractivity contribution is 5.99. The lowest BCUT2D eigenvalue weighted by Gasteiger charge is -2.14. The highest BCUT2D eigenvalue weighted by Crippen LogP contribution is 2.33. The number of carbonyl (C=O) groups is 2. The van der Waals surface area contributed by atoms with E-state index in [4.69, 9.17) is 4.74 Å². The van der Waals surface area contributed by atoms with Crippen LogP contribution in [0.3, 0.4) is 0 Å². The number of ether oxygens (including phenoxy) is 1. The Morgan fingerprint density at radius 2 is 2.00 bits per heavy atom. The molecule has 1 amide bonds. The normalized spacial score (nSPS) is 11.1. The van der Waals surface area contributed by atoms with Gasteiger partial charge in [0.25, 0.3) is 11.6 Å². The van der Waals surface area contributed by atoms with Gasteiger partial charge in [-0.1, -0.05) is 12.1 Å². The first kappa shape index (κ1) is 22.4. The lowest BCUT2D eigenvalue weighted by molar-refractivity contribution is -0.385. The number of nitrogens with zero attached hydrogens (tertiary/aromatic N) is 4. The highest BCUT2D eigenvalue weighted by atomic mass is 19.4. The zero-order chi connectivity index (χ0) is 23.5. The lowest BCUT2D eigenvalue weighted by atomic mass is 10.1. The zero-order valence-electron chi connectivity index (χ0n) is 16.3. The summed E-state index contributed by atoms with van der Waals surface area (Å²) in [6.07, 6.45) is -2.30. The largest absolute Gasteiger partial charge is 0.452 e. The Balaban J connectivity index is 1.79. The molecule has 32 heavy (non-hydrogen) atoms. The summed E-state index contributed by atoms with van der Waals surface area (Å²) in [5.41, 5.74) is -1.76. The summed E-state index contributed by atoms with van der Waals surface area (Å²) < 4.78 is 45.3. The molecule has 1 heterocycles. The van der Waals surface area contributed by atoms with E-state index in [-0.39, 0.29) is 22.5 Å². The smallest absolute Gasteiger partial charge is 0.416 e. The first-order valence-electron chi connectivity index (χ1n) is 8.85. The van der Waals surface area contributed by atoms with Crippen molar-refractivity contribution in [3.05, 3.63) is 75.9 Å². The second kappa shape index (κ2) is 8.83. The van der Waals surface area contributed by atoms with Gasteiger partial charge in [0.2, 0.25) is 0 Å². The quantitative estimate of drug-likeness (QED) is 0.347. The molecular weight excluding hydrogens is 435 g/mol. The van der Waals surface area contributed by atoms with Crippen LogP contribution in [0.25, 0.3) is 5.69 Å². The third kappa shape index (κ3) is 4.88. The first-order valence-corrected chi connectivity index (χ1v) is 8.85. The van der Waals surface area contributed by atoms with Crippen LogP contribution in [0.1, 0.15) is 21.5 Å². The van der Waals surface area contributed by atoms with Crippen molar-refractivity contribution < 1.29 is 32.4 Å². The molecule has 2 aromatic carbocycles. The van der Waals surface area contributed by atoms with Crippen molar-refractivity contribution in [1.82, 2.24) is 14.8 Å². The number of nitrogens with one attached hydrogen (secondary N) is 1. The number of anilines is 1. The first-order chi connectivity index (χ1) is 15.1. The number of aryl methyl sites for hydroxylation is 1. The molecule has 3 aromatic rings. The van der Waals surface area contributed by atoms with Crippen LogP contribution >= 0.6 is 0 Å². The fourth-order valence-corrected chi connectivity index (χ4v) is 2.80. The van der Waals surface area contributed by atoms with Gasteiger partial charge in [-0.15, -0.1) is 0 Å². The van der Waals surface area contributed by atoms with Gasteiger partial charge in [0, 0.05) is 6.07 Å². The summed E-state index contributed by atoms with van der Waals surface area (Å²) in [5.74, 6) is -2.08. The number of esters is 1. The Labute approximate surface area is 177 Å². The third-order valence-electron chi connectivity index (χ3n) is 4.25. The molecule has 0 aliphatic rings. The molecule has 3 rings (SSSR count). The van der Waals surface area contributed by atoms with Gasteiger partial charge >= 0.3 is 12.1 Å². The van der Waals surface area contributed by atoms with E-state index < -0.39 is 40.8 Å². The van der Waals surface area contributed by atoms with Gasteiger partial charge in [0.1, 0.15) is 18.2 Å². The fraction of sp³-hybridized carbons (Fsp3) is 0.158. The summed E-state index contributed by atoms with van der Waals surface area (Å²) in [6.45, 7) is 0.564. The van der Waals surface area contributed by atoms with Crippen molar-refractivity contribution in [2.75, 3.05) is 11.9 Å². The van der Waals surface area contributed by atoms with Crippen molar-refractivity contribution in [1.29, 1.82) is 0 Å². The minimum Gasteiger partial charge on any atom is -0.452 e. The van der Waals surface area contributed by atoms with Gasteiger partial charge in [0.15, 0.2) is 6.61 Å². The maximum atomic E-state index is 13.1. The monoisotopic (exact) mass is 449 g/mol. The molecule has 0 aliphatic heterocycles. The molecule has 13 heteroatoms. The van der Waals surface area contributed by atoms with Crippen LogP contribution in [0.2, 0.25) is 0 Å². The minimum absolute atomic E-state index is 0.0877. The molecule has 0 atom stereocenters. The average molecular weight is 449 g/mol. The number of aromatic nitrogens is 3. The van der Waals surface area contributed by atoms with Gasteiger partial charge in [0.05, 0.1) is 21.9 Å². The number of nitro benzene ring substituents is 1. The van der Waals surface area contributed by atoms with Crippen LogP contribution in [-0.4, -0.2) is 38.2 Å². The van der Waals surface area contributed by atoms with Crippen LogP contribution in [0, 0.1) is 17.0 Å². The Morgan fingerprint density at radius 1 is 1.25 bits per heavy atom. The Hall–Kier alpha value is -4.29. The van der Waals surface area contributed by atoms with E-state index in [0.29, 0.717) is 6.07 Å². The number of benzene rings is 2. The molecule has 0 radical (unpaired) electrons. The SMILES string of the molecule is Cc1cccc([N+](=O)[O-])c1C(=O)OCC(=O)Nc1cc(C(F)(F)F)ccc1-n1cncn1. The van der Waals surface area contributed by atoms with E-state index in [1.165, 1.54) is 25.4 Å². The molecule has 0 fully saturated rings. The van der Waals surface area contributed by atoms with E-state index in [1.54, 1.807) is 0 Å². The average Bonchev–Trinajstić information content (AvgIpc) is 3.25. The number of rotatable bonds is 6. The summed E-state index contributed by atoms with van der Waals surface area (Å²) in [4.78, 5) is 38.7. The number of amides is 1. The maximum absolute atomic E-state index is 13.1. The second-order valence-electron chi connectivity index (χ2n) is 6.42. The number of alkyl halides is 3. The summed E-state index contributed by atoms with van der Waals surface area (Å²) in [7, 11) is 0. The van der Waals surface area contributed by atoms with Gasteiger partial charge in [-0.05, 0) is 30.7 Å². The summed E-state index contributed by atoms with van der Waals surface area (Å²) >= 11 is 0. The Morgan fingerprint density at radius 3 is 2.62 bits per heavy atom. The van der Waals surface area contributed by atoms with Gasteiger partial charge in [-0.2, -0.15) is 18.3 Å². The second-order valence-corrected chi connectivity index (χ2v) is 6.42. The van der Waals surface area contributed by atoms with Crippen LogP contribution in [0.5, 0.6) is 0 Å². The van der Waals surface area contributed by atoms with Crippen molar-refractivity contribution >= 4 is 23.3 Å². The molecule has 0 spiro atoms. The van der Waals surface area contributed by atoms with Crippen molar-refractivity contribution in [2.45, 2.75) is 13.1 Å². The van der Waals surface area contributed by atoms with E-state index in [1.807, 2.05) is 0 Å². The number of halogens is 3. The predicted octanol–water partition coefficient (Wildman–Crippen LogP) is 3.30. The van der Waals surface area contributed by atoms with Gasteiger partial charge in [-0.25, -0.2) is 14.5 Å². The van der Waals surface area contributed by atoms with Crippen LogP contribution in [0.4, 0.5) is 24.5 Å². The molecular formula is C19H14F3N5O5. The van der Waals surface area contributed by atoms with Gasteiger partial charge in [-0.3, -0.25) is 14.9 Å². The van der Waals surface area contributed by atoms with E-state index in [9.17, 15) is 32.9 Å². The number of nitro groups is 1. The standard InChI is InChI=1S/C19H14F3N5O5/c1-11-3-2-4-15(27(30)31)17(11)18(29)32-8-16(28)25-13-7-12(19(20,21)22)5-6-14(13)26-10-23-9-24-26/h2-7,9-10H,8H2,1H3,(H,25,28). The molecule has 0 saturated heterocycles. The molecule has 0 aliphatic carbocycles. The number of hydrogen-bond acceptors (Lipinski definition) is 7. The molecule has 0 unspecified atom stereocenters.